The minimum atomic E-state index is -0.908. The molecule has 1 spiro atoms. The van der Waals surface area contributed by atoms with Crippen molar-refractivity contribution in [1.29, 1.82) is 0 Å². The maximum atomic E-state index is 13.0. The van der Waals surface area contributed by atoms with Gasteiger partial charge in [-0.05, 0) is 35.8 Å². The van der Waals surface area contributed by atoms with Crippen molar-refractivity contribution in [3.05, 3.63) is 35.4 Å². The smallest absolute Gasteiger partial charge is 0.326 e. The highest BCUT2D eigenvalue weighted by Crippen LogP contribution is 2.60. The topological polar surface area (TPSA) is 66.8 Å². The Morgan fingerprint density at radius 2 is 1.87 bits per heavy atom. The molecule has 2 atom stereocenters. The Kier molecular flexibility index (Phi) is 3.41. The molecule has 1 amide bonds. The number of fused-ring (bicyclic) bond motifs is 1. The fraction of sp³-hybridized carbons (Fsp3) is 0.556. The van der Waals surface area contributed by atoms with E-state index in [9.17, 15) is 14.7 Å². The van der Waals surface area contributed by atoms with Gasteiger partial charge >= 0.3 is 5.97 Å². The number of benzene rings is 1. The summed E-state index contributed by atoms with van der Waals surface area (Å²) in [4.78, 5) is 26.3. The van der Waals surface area contributed by atoms with Crippen LogP contribution in [0.15, 0.2) is 24.3 Å². The molecular weight excluding hydrogens is 294 g/mol. The Hall–Kier alpha value is -1.88. The highest BCUT2D eigenvalue weighted by Gasteiger charge is 2.59. The van der Waals surface area contributed by atoms with Crippen LogP contribution in [0, 0.1) is 11.3 Å². The van der Waals surface area contributed by atoms with Gasteiger partial charge in [0.15, 0.2) is 0 Å². The first-order valence-electron chi connectivity index (χ1n) is 8.28. The van der Waals surface area contributed by atoms with E-state index in [2.05, 4.69) is 0 Å². The monoisotopic (exact) mass is 315 g/mol. The van der Waals surface area contributed by atoms with Gasteiger partial charge in [-0.15, -0.1) is 0 Å². The van der Waals surface area contributed by atoms with E-state index in [1.165, 1.54) is 0 Å². The number of aliphatic carboxylic acids is 1. The van der Waals surface area contributed by atoms with Gasteiger partial charge in [-0.3, -0.25) is 4.79 Å². The molecular formula is C18H21NO4. The fourth-order valence-electron chi connectivity index (χ4n) is 4.20. The predicted octanol–water partition coefficient (Wildman–Crippen LogP) is 1.84. The van der Waals surface area contributed by atoms with Crippen LogP contribution in [0.25, 0.3) is 0 Å². The van der Waals surface area contributed by atoms with Gasteiger partial charge in [-0.25, -0.2) is 4.79 Å². The van der Waals surface area contributed by atoms with Gasteiger partial charge in [0.2, 0.25) is 5.91 Å². The van der Waals surface area contributed by atoms with Crippen molar-refractivity contribution in [2.45, 2.75) is 38.3 Å². The first-order valence-corrected chi connectivity index (χ1v) is 8.28. The third-order valence-electron chi connectivity index (χ3n) is 5.79. The summed E-state index contributed by atoms with van der Waals surface area (Å²) in [6.07, 6.45) is 3.14. The molecule has 1 saturated heterocycles. The number of amides is 1. The van der Waals surface area contributed by atoms with Crippen molar-refractivity contribution in [2.75, 3.05) is 13.2 Å². The quantitative estimate of drug-likeness (QED) is 0.904. The molecule has 1 N–H and O–H groups in total. The zero-order valence-electron chi connectivity index (χ0n) is 13.0. The molecule has 0 unspecified atom stereocenters. The second-order valence-electron chi connectivity index (χ2n) is 7.02. The normalized spacial score (nSPS) is 28.3. The first-order chi connectivity index (χ1) is 11.1. The molecule has 5 nitrogen and oxygen atoms in total. The number of carboxylic acids is 1. The Balaban J connectivity index is 1.57. The lowest BCUT2D eigenvalue weighted by molar-refractivity contribution is -0.152. The average Bonchev–Trinajstić information content (AvgIpc) is 3.26. The highest BCUT2D eigenvalue weighted by atomic mass is 16.5. The lowest BCUT2D eigenvalue weighted by atomic mass is 9.91. The summed E-state index contributed by atoms with van der Waals surface area (Å²) in [7, 11) is 0. The second kappa shape index (κ2) is 5.34. The van der Waals surface area contributed by atoms with E-state index in [0.29, 0.717) is 13.0 Å². The molecule has 1 aromatic carbocycles. The minimum Gasteiger partial charge on any atom is -0.480 e. The van der Waals surface area contributed by atoms with Crippen molar-refractivity contribution >= 4 is 11.9 Å². The number of ether oxygens (including phenoxy) is 1. The van der Waals surface area contributed by atoms with Crippen LogP contribution in [0.2, 0.25) is 0 Å². The number of hydrogen-bond donors (Lipinski definition) is 1. The third kappa shape index (κ3) is 2.43. The Morgan fingerprint density at radius 3 is 2.57 bits per heavy atom. The van der Waals surface area contributed by atoms with Gasteiger partial charge in [0.05, 0.1) is 0 Å². The van der Waals surface area contributed by atoms with Crippen LogP contribution < -0.4 is 0 Å². The second-order valence-corrected chi connectivity index (χ2v) is 7.02. The molecule has 0 bridgehead atoms. The molecule has 2 fully saturated rings. The molecule has 1 saturated carbocycles. The predicted molar refractivity (Wildman–Crippen MR) is 82.7 cm³/mol. The van der Waals surface area contributed by atoms with Gasteiger partial charge in [-0.1, -0.05) is 24.3 Å². The van der Waals surface area contributed by atoms with Crippen LogP contribution in [-0.4, -0.2) is 41.1 Å². The van der Waals surface area contributed by atoms with Crippen molar-refractivity contribution in [3.8, 4) is 0 Å². The molecule has 4 rings (SSSR count). The van der Waals surface area contributed by atoms with Crippen molar-refractivity contribution in [2.24, 2.45) is 11.3 Å². The maximum absolute atomic E-state index is 13.0. The van der Waals surface area contributed by atoms with Crippen LogP contribution in [0.4, 0.5) is 0 Å². The molecule has 3 aliphatic rings. The number of carboxylic acid groups (broad SMARTS) is 1. The summed E-state index contributed by atoms with van der Waals surface area (Å²) in [5.41, 5.74) is 2.19. The molecule has 0 radical (unpaired) electrons. The molecule has 0 aromatic heterocycles. The zero-order valence-corrected chi connectivity index (χ0v) is 13.0. The molecule has 23 heavy (non-hydrogen) atoms. The maximum Gasteiger partial charge on any atom is 0.326 e. The summed E-state index contributed by atoms with van der Waals surface area (Å²) in [5, 5.41) is 9.57. The minimum absolute atomic E-state index is 0.0153. The Morgan fingerprint density at radius 1 is 1.17 bits per heavy atom. The van der Waals surface area contributed by atoms with Crippen LogP contribution in [0.1, 0.15) is 30.4 Å². The molecule has 5 heteroatoms. The van der Waals surface area contributed by atoms with Crippen LogP contribution in [0.3, 0.4) is 0 Å². The van der Waals surface area contributed by atoms with E-state index < -0.39 is 12.0 Å². The number of carbonyl (C=O) groups is 2. The summed E-state index contributed by atoms with van der Waals surface area (Å²) in [5.74, 6) is -0.901. The average molecular weight is 315 g/mol. The van der Waals surface area contributed by atoms with Crippen LogP contribution >= 0.6 is 0 Å². The Bertz CT molecular complexity index is 650. The van der Waals surface area contributed by atoms with Crippen molar-refractivity contribution in [1.82, 2.24) is 4.90 Å². The summed E-state index contributed by atoms with van der Waals surface area (Å²) >= 11 is 0. The lowest BCUT2D eigenvalue weighted by Crippen LogP contribution is -2.49. The van der Waals surface area contributed by atoms with Gasteiger partial charge in [0, 0.05) is 32.1 Å². The van der Waals surface area contributed by atoms with Gasteiger partial charge < -0.3 is 14.7 Å². The SMILES string of the molecule is O=C(O)[C@H]1Cc2ccccc2CN1C(=O)[C@@H]1CC12CCOCC2. The first kappa shape index (κ1) is 14.7. The number of rotatable bonds is 2. The molecule has 2 aliphatic heterocycles. The lowest BCUT2D eigenvalue weighted by Gasteiger charge is -2.35. The molecule has 122 valence electrons. The number of hydrogen-bond acceptors (Lipinski definition) is 3. The van der Waals surface area contributed by atoms with Crippen LogP contribution in [-0.2, 0) is 27.3 Å². The van der Waals surface area contributed by atoms with Gasteiger partial charge in [-0.2, -0.15) is 0 Å². The zero-order chi connectivity index (χ0) is 16.0. The van der Waals surface area contributed by atoms with Gasteiger partial charge in [0.1, 0.15) is 6.04 Å². The van der Waals surface area contributed by atoms with E-state index in [0.717, 1.165) is 43.6 Å². The fourth-order valence-corrected chi connectivity index (χ4v) is 4.20. The van der Waals surface area contributed by atoms with Crippen molar-refractivity contribution in [3.63, 3.8) is 0 Å². The third-order valence-corrected chi connectivity index (χ3v) is 5.79. The van der Waals surface area contributed by atoms with E-state index >= 15 is 0 Å². The molecule has 1 aliphatic carbocycles. The van der Waals surface area contributed by atoms with E-state index in [4.69, 9.17) is 4.74 Å². The standard InChI is InChI=1S/C18H21NO4/c20-16(14-10-18(14)5-7-23-8-6-18)19-11-13-4-2-1-3-12(13)9-15(19)17(21)22/h1-4,14-15H,5-11H2,(H,21,22)/t14-,15+/m0/s1. The van der Waals surface area contributed by atoms with Crippen LogP contribution in [0.5, 0.6) is 0 Å². The summed E-state index contributed by atoms with van der Waals surface area (Å²) in [6.45, 7) is 1.85. The number of carbonyl (C=O) groups excluding carboxylic acids is 1. The molecule has 1 aromatic rings. The van der Waals surface area contributed by atoms with E-state index in [1.807, 2.05) is 24.3 Å². The number of nitrogens with zero attached hydrogens (tertiary/aromatic N) is 1. The van der Waals surface area contributed by atoms with E-state index in [1.54, 1.807) is 4.90 Å². The van der Waals surface area contributed by atoms with E-state index in [-0.39, 0.29) is 17.2 Å². The molecule has 2 heterocycles. The largest absolute Gasteiger partial charge is 0.480 e. The summed E-state index contributed by atoms with van der Waals surface area (Å²) in [6, 6.07) is 7.08. The van der Waals surface area contributed by atoms with Crippen molar-refractivity contribution < 1.29 is 19.4 Å². The Labute approximate surface area is 135 Å². The van der Waals surface area contributed by atoms with Gasteiger partial charge in [0.25, 0.3) is 0 Å². The highest BCUT2D eigenvalue weighted by molar-refractivity contribution is 5.88. The summed E-state index contributed by atoms with van der Waals surface area (Å²) < 4.78 is 5.41.